The smallest absolute Gasteiger partial charge is 0.348 e. The largest absolute Gasteiger partial charge is 0.462 e. The predicted octanol–water partition coefficient (Wildman–Crippen LogP) is 4.32. The van der Waals surface area contributed by atoms with Gasteiger partial charge in [-0.05, 0) is 24.6 Å². The van der Waals surface area contributed by atoms with Gasteiger partial charge in [0.1, 0.15) is 11.6 Å². The lowest BCUT2D eigenvalue weighted by atomic mass is 10.0. The van der Waals surface area contributed by atoms with Crippen molar-refractivity contribution in [2.24, 2.45) is 7.05 Å². The molecule has 0 radical (unpaired) electrons. The molecule has 0 atom stereocenters. The van der Waals surface area contributed by atoms with Crippen molar-refractivity contribution in [3.8, 4) is 17.3 Å². The number of para-hydroxylation sites is 1. The van der Waals surface area contributed by atoms with E-state index in [1.54, 1.807) is 13.0 Å². The van der Waals surface area contributed by atoms with Crippen molar-refractivity contribution in [2.75, 3.05) is 6.61 Å². The molecule has 0 spiro atoms. The molecule has 0 saturated heterocycles. The van der Waals surface area contributed by atoms with Crippen LogP contribution in [-0.2, 0) is 16.6 Å². The number of nitriles is 1. The van der Waals surface area contributed by atoms with Crippen LogP contribution in [0.25, 0.3) is 28.2 Å². The van der Waals surface area contributed by atoms with Gasteiger partial charge in [-0.2, -0.15) is 5.26 Å². The normalized spacial score (nSPS) is 11.3. The van der Waals surface area contributed by atoms with Gasteiger partial charge in [-0.1, -0.05) is 48.5 Å². The maximum absolute atomic E-state index is 12.0. The van der Waals surface area contributed by atoms with Crippen LogP contribution in [0.1, 0.15) is 12.5 Å². The van der Waals surface area contributed by atoms with Crippen molar-refractivity contribution in [1.82, 2.24) is 4.57 Å². The molecule has 0 saturated carbocycles. The molecule has 25 heavy (non-hydrogen) atoms. The van der Waals surface area contributed by atoms with Crippen molar-refractivity contribution in [2.45, 2.75) is 6.92 Å². The number of carbonyl (C=O) groups is 1. The van der Waals surface area contributed by atoms with Crippen LogP contribution in [-0.4, -0.2) is 17.1 Å². The molecule has 0 N–H and O–H groups in total. The number of hydrogen-bond acceptors (Lipinski definition) is 3. The second-order valence-corrected chi connectivity index (χ2v) is 5.59. The molecule has 3 rings (SSSR count). The summed E-state index contributed by atoms with van der Waals surface area (Å²) in [4.78, 5) is 12.0. The maximum Gasteiger partial charge on any atom is 0.348 e. The third kappa shape index (κ3) is 3.05. The Bertz CT molecular complexity index is 992. The average Bonchev–Trinajstić information content (AvgIpc) is 2.93. The second-order valence-electron chi connectivity index (χ2n) is 5.59. The van der Waals surface area contributed by atoms with E-state index < -0.39 is 5.97 Å². The van der Waals surface area contributed by atoms with Gasteiger partial charge >= 0.3 is 5.97 Å². The number of aryl methyl sites for hydroxylation is 1. The van der Waals surface area contributed by atoms with Gasteiger partial charge < -0.3 is 9.30 Å². The van der Waals surface area contributed by atoms with Gasteiger partial charge in [-0.15, -0.1) is 0 Å². The van der Waals surface area contributed by atoms with Crippen molar-refractivity contribution < 1.29 is 9.53 Å². The minimum atomic E-state index is -0.600. The van der Waals surface area contributed by atoms with E-state index in [9.17, 15) is 10.1 Å². The number of carbonyl (C=O) groups excluding carboxylic acids is 1. The summed E-state index contributed by atoms with van der Waals surface area (Å²) in [6, 6.07) is 19.8. The molecule has 0 fully saturated rings. The zero-order valence-corrected chi connectivity index (χ0v) is 14.2. The minimum Gasteiger partial charge on any atom is -0.462 e. The zero-order chi connectivity index (χ0) is 17.8. The number of hydrogen-bond donors (Lipinski definition) is 0. The summed E-state index contributed by atoms with van der Waals surface area (Å²) in [5, 5.41) is 10.4. The van der Waals surface area contributed by atoms with Gasteiger partial charge in [0, 0.05) is 23.5 Å². The molecule has 3 aromatic rings. The molecule has 0 amide bonds. The summed E-state index contributed by atoms with van der Waals surface area (Å²) < 4.78 is 7.08. The third-order valence-corrected chi connectivity index (χ3v) is 4.10. The molecule has 0 unspecified atom stereocenters. The fourth-order valence-corrected chi connectivity index (χ4v) is 3.00. The summed E-state index contributed by atoms with van der Waals surface area (Å²) in [5.41, 5.74) is 3.85. The van der Waals surface area contributed by atoms with Gasteiger partial charge in [-0.25, -0.2) is 4.79 Å². The van der Waals surface area contributed by atoms with Crippen molar-refractivity contribution in [3.05, 3.63) is 65.7 Å². The van der Waals surface area contributed by atoms with Crippen LogP contribution >= 0.6 is 0 Å². The Kier molecular flexibility index (Phi) is 4.67. The van der Waals surface area contributed by atoms with Crippen LogP contribution in [0.3, 0.4) is 0 Å². The molecule has 0 aliphatic heterocycles. The molecule has 124 valence electrons. The number of fused-ring (bicyclic) bond motifs is 1. The maximum atomic E-state index is 12.0. The minimum absolute atomic E-state index is 0.00427. The number of ether oxygens (including phenoxy) is 1. The number of esters is 1. The van der Waals surface area contributed by atoms with Gasteiger partial charge in [0.15, 0.2) is 0 Å². The highest BCUT2D eigenvalue weighted by molar-refractivity contribution is 6.04. The lowest BCUT2D eigenvalue weighted by Gasteiger charge is -2.07. The van der Waals surface area contributed by atoms with E-state index in [0.717, 1.165) is 27.7 Å². The molecule has 4 heteroatoms. The van der Waals surface area contributed by atoms with Crippen LogP contribution in [0.15, 0.2) is 60.2 Å². The first kappa shape index (κ1) is 16.5. The molecule has 0 bridgehead atoms. The van der Waals surface area contributed by atoms with Gasteiger partial charge in [0.25, 0.3) is 0 Å². The summed E-state index contributed by atoms with van der Waals surface area (Å²) in [6.45, 7) is 1.96. The Balaban J connectivity index is 2.30. The average molecular weight is 330 g/mol. The molecule has 0 aliphatic rings. The van der Waals surface area contributed by atoms with Gasteiger partial charge in [-0.3, -0.25) is 0 Å². The third-order valence-electron chi connectivity index (χ3n) is 4.10. The summed E-state index contributed by atoms with van der Waals surface area (Å²) in [5.74, 6) is -0.600. The number of nitrogens with zero attached hydrogens (tertiary/aromatic N) is 2. The van der Waals surface area contributed by atoms with E-state index in [2.05, 4.69) is 4.57 Å². The first-order valence-corrected chi connectivity index (χ1v) is 8.09. The van der Waals surface area contributed by atoms with Crippen molar-refractivity contribution in [1.29, 1.82) is 5.26 Å². The Morgan fingerprint density at radius 3 is 2.52 bits per heavy atom. The van der Waals surface area contributed by atoms with E-state index in [1.165, 1.54) is 0 Å². The van der Waals surface area contributed by atoms with Gasteiger partial charge in [0.05, 0.1) is 12.3 Å². The van der Waals surface area contributed by atoms with Crippen LogP contribution in [0.4, 0.5) is 0 Å². The van der Waals surface area contributed by atoms with Crippen LogP contribution in [0.5, 0.6) is 0 Å². The Labute approximate surface area is 146 Å². The summed E-state index contributed by atoms with van der Waals surface area (Å²) in [7, 11) is 1.98. The van der Waals surface area contributed by atoms with Crippen molar-refractivity contribution in [3.63, 3.8) is 0 Å². The Hall–Kier alpha value is -3.32. The lowest BCUT2D eigenvalue weighted by Crippen LogP contribution is -2.06. The first-order valence-electron chi connectivity index (χ1n) is 8.09. The quantitative estimate of drug-likeness (QED) is 0.407. The van der Waals surface area contributed by atoms with E-state index in [-0.39, 0.29) is 12.2 Å². The fourth-order valence-electron chi connectivity index (χ4n) is 3.00. The molecule has 1 aromatic heterocycles. The summed E-state index contributed by atoms with van der Waals surface area (Å²) in [6.07, 6.45) is 1.63. The molecule has 4 nitrogen and oxygen atoms in total. The Morgan fingerprint density at radius 1 is 1.16 bits per heavy atom. The number of benzene rings is 2. The van der Waals surface area contributed by atoms with Gasteiger partial charge in [0.2, 0.25) is 0 Å². The molecular weight excluding hydrogens is 312 g/mol. The van der Waals surface area contributed by atoms with E-state index in [0.29, 0.717) is 0 Å². The molecule has 2 aromatic carbocycles. The van der Waals surface area contributed by atoms with Crippen LogP contribution in [0, 0.1) is 11.3 Å². The number of aromatic nitrogens is 1. The number of rotatable bonds is 4. The topological polar surface area (TPSA) is 55.0 Å². The molecular formula is C21H18N2O2. The van der Waals surface area contributed by atoms with Crippen LogP contribution in [0.2, 0.25) is 0 Å². The second kappa shape index (κ2) is 7.06. The Morgan fingerprint density at radius 2 is 1.84 bits per heavy atom. The molecule has 0 aliphatic carbocycles. The van der Waals surface area contributed by atoms with E-state index in [4.69, 9.17) is 4.74 Å². The zero-order valence-electron chi connectivity index (χ0n) is 14.2. The SMILES string of the molecule is CCOC(=O)/C(C#N)=C\c1c(-c2ccccc2)n(C)c2ccccc12. The monoisotopic (exact) mass is 330 g/mol. The van der Waals surface area contributed by atoms with E-state index in [1.807, 2.05) is 67.7 Å². The van der Waals surface area contributed by atoms with E-state index >= 15 is 0 Å². The highest BCUT2D eigenvalue weighted by Gasteiger charge is 2.18. The summed E-state index contributed by atoms with van der Waals surface area (Å²) >= 11 is 0. The van der Waals surface area contributed by atoms with Crippen LogP contribution < -0.4 is 0 Å². The highest BCUT2D eigenvalue weighted by Crippen LogP contribution is 2.34. The standard InChI is InChI=1S/C21H18N2O2/c1-3-25-21(24)16(14-22)13-18-17-11-7-8-12-19(17)23(2)20(18)15-9-5-4-6-10-15/h4-13H,3H2,1-2H3/b16-13-. The lowest BCUT2D eigenvalue weighted by molar-refractivity contribution is -0.137. The predicted molar refractivity (Wildman–Crippen MR) is 98.6 cm³/mol. The first-order chi connectivity index (χ1) is 12.2. The fraction of sp³-hybridized carbons (Fsp3) is 0.143. The molecule has 1 heterocycles. The highest BCUT2D eigenvalue weighted by atomic mass is 16.5. The van der Waals surface area contributed by atoms with Crippen molar-refractivity contribution >= 4 is 22.9 Å².